The lowest BCUT2D eigenvalue weighted by Crippen LogP contribution is -2.17. The smallest absolute Gasteiger partial charge is 0.222 e. The number of aromatic nitrogens is 2. The van der Waals surface area contributed by atoms with E-state index in [0.29, 0.717) is 11.2 Å². The van der Waals surface area contributed by atoms with Crippen molar-refractivity contribution in [1.29, 1.82) is 0 Å². The van der Waals surface area contributed by atoms with E-state index in [9.17, 15) is 0 Å². The van der Waals surface area contributed by atoms with Crippen molar-refractivity contribution in [1.82, 2.24) is 9.97 Å². The van der Waals surface area contributed by atoms with Crippen molar-refractivity contribution in [3.05, 3.63) is 10.9 Å². The molecule has 0 aliphatic carbocycles. The first-order valence-corrected chi connectivity index (χ1v) is 7.70. The number of nitrogens with two attached hydrogens (primary N) is 1. The minimum atomic E-state index is 0.374. The average molecular weight is 281 g/mol. The number of thioether (sulfide) groups is 1. The Bertz CT molecular complexity index is 564. The molecule has 6 heteroatoms. The van der Waals surface area contributed by atoms with E-state index < -0.39 is 0 Å². The summed E-state index contributed by atoms with van der Waals surface area (Å²) in [5, 5.41) is 2.74. The zero-order valence-electron chi connectivity index (χ0n) is 10.2. The summed E-state index contributed by atoms with van der Waals surface area (Å²) < 4.78 is 5.38. The molecule has 1 aliphatic heterocycles. The summed E-state index contributed by atoms with van der Waals surface area (Å²) in [4.78, 5) is 10.9. The van der Waals surface area contributed by atoms with E-state index in [4.69, 9.17) is 10.5 Å². The van der Waals surface area contributed by atoms with E-state index in [2.05, 4.69) is 23.0 Å². The SMILES string of the molecule is Cc1cc2c(SC3CCOCC3)nc(N)nc2s1. The fourth-order valence-corrected chi connectivity index (χ4v) is 4.20. The van der Waals surface area contributed by atoms with Crippen molar-refractivity contribution in [3.8, 4) is 0 Å². The normalized spacial score (nSPS) is 17.4. The second kappa shape index (κ2) is 5.03. The number of thiophene rings is 1. The van der Waals surface area contributed by atoms with Crippen LogP contribution in [-0.4, -0.2) is 28.4 Å². The van der Waals surface area contributed by atoms with Crippen LogP contribution < -0.4 is 5.73 Å². The summed E-state index contributed by atoms with van der Waals surface area (Å²) in [7, 11) is 0. The van der Waals surface area contributed by atoms with Crippen molar-refractivity contribution in [2.24, 2.45) is 0 Å². The Hall–Kier alpha value is -0.850. The fourth-order valence-electron chi connectivity index (χ4n) is 2.07. The molecule has 3 heterocycles. The maximum absolute atomic E-state index is 5.79. The van der Waals surface area contributed by atoms with E-state index in [1.54, 1.807) is 11.3 Å². The fraction of sp³-hybridized carbons (Fsp3) is 0.500. The second-order valence-corrected chi connectivity index (χ2v) is 6.92. The van der Waals surface area contributed by atoms with E-state index in [1.165, 1.54) is 4.88 Å². The largest absolute Gasteiger partial charge is 0.381 e. The first-order chi connectivity index (χ1) is 8.72. The minimum Gasteiger partial charge on any atom is -0.381 e. The van der Waals surface area contributed by atoms with Gasteiger partial charge >= 0.3 is 0 Å². The quantitative estimate of drug-likeness (QED) is 0.858. The maximum Gasteiger partial charge on any atom is 0.222 e. The van der Waals surface area contributed by atoms with Crippen molar-refractivity contribution in [2.45, 2.75) is 30.0 Å². The van der Waals surface area contributed by atoms with Gasteiger partial charge in [0.1, 0.15) is 9.86 Å². The van der Waals surface area contributed by atoms with E-state index in [1.807, 2.05) is 11.8 Å². The van der Waals surface area contributed by atoms with Gasteiger partial charge in [-0.1, -0.05) is 0 Å². The first-order valence-electron chi connectivity index (χ1n) is 6.00. The summed E-state index contributed by atoms with van der Waals surface area (Å²) in [5.74, 6) is 0.374. The van der Waals surface area contributed by atoms with Gasteiger partial charge in [-0.3, -0.25) is 0 Å². The van der Waals surface area contributed by atoms with Crippen LogP contribution in [0.25, 0.3) is 10.2 Å². The number of nitrogens with zero attached hydrogens (tertiary/aromatic N) is 2. The molecule has 0 bridgehead atoms. The van der Waals surface area contributed by atoms with Crippen molar-refractivity contribution in [3.63, 3.8) is 0 Å². The zero-order valence-corrected chi connectivity index (χ0v) is 11.8. The summed E-state index contributed by atoms with van der Waals surface area (Å²) in [5.41, 5.74) is 5.79. The highest BCUT2D eigenvalue weighted by Crippen LogP contribution is 2.36. The van der Waals surface area contributed by atoms with Crippen molar-refractivity contribution in [2.75, 3.05) is 18.9 Å². The summed E-state index contributed by atoms with van der Waals surface area (Å²) in [6, 6.07) is 2.15. The maximum atomic E-state index is 5.79. The number of rotatable bonds is 2. The van der Waals surface area contributed by atoms with Crippen LogP contribution in [-0.2, 0) is 4.74 Å². The van der Waals surface area contributed by atoms with Crippen LogP contribution in [0.5, 0.6) is 0 Å². The third-order valence-electron chi connectivity index (χ3n) is 2.94. The molecule has 1 saturated heterocycles. The predicted octanol–water partition coefficient (Wildman–Crippen LogP) is 2.85. The average Bonchev–Trinajstić information content (AvgIpc) is 2.71. The van der Waals surface area contributed by atoms with Gasteiger partial charge in [0.2, 0.25) is 5.95 Å². The molecule has 2 aromatic heterocycles. The molecule has 2 aromatic rings. The van der Waals surface area contributed by atoms with Crippen LogP contribution in [0.3, 0.4) is 0 Å². The molecule has 4 nitrogen and oxygen atoms in total. The minimum absolute atomic E-state index is 0.374. The van der Waals surface area contributed by atoms with Gasteiger partial charge < -0.3 is 10.5 Å². The molecular weight excluding hydrogens is 266 g/mol. The summed E-state index contributed by atoms with van der Waals surface area (Å²) >= 11 is 3.49. The Morgan fingerprint density at radius 3 is 2.94 bits per heavy atom. The lowest BCUT2D eigenvalue weighted by atomic mass is 10.2. The highest BCUT2D eigenvalue weighted by atomic mass is 32.2. The van der Waals surface area contributed by atoms with Crippen LogP contribution in [0, 0.1) is 6.92 Å². The Labute approximate surface area is 114 Å². The zero-order chi connectivity index (χ0) is 12.5. The molecule has 3 rings (SSSR count). The number of nitrogen functional groups attached to an aromatic ring is 1. The Morgan fingerprint density at radius 1 is 1.39 bits per heavy atom. The van der Waals surface area contributed by atoms with Gasteiger partial charge in [-0.05, 0) is 25.8 Å². The molecule has 96 valence electrons. The molecule has 0 aromatic carbocycles. The van der Waals surface area contributed by atoms with E-state index >= 15 is 0 Å². The molecule has 0 spiro atoms. The van der Waals surface area contributed by atoms with Crippen LogP contribution in [0.4, 0.5) is 5.95 Å². The lowest BCUT2D eigenvalue weighted by molar-refractivity contribution is 0.1000. The van der Waals surface area contributed by atoms with Gasteiger partial charge in [-0.15, -0.1) is 23.1 Å². The highest BCUT2D eigenvalue weighted by molar-refractivity contribution is 8.00. The molecule has 0 atom stereocenters. The van der Waals surface area contributed by atoms with Crippen LogP contribution >= 0.6 is 23.1 Å². The first kappa shape index (κ1) is 12.2. The number of fused-ring (bicyclic) bond motifs is 1. The van der Waals surface area contributed by atoms with Gasteiger partial charge in [0.15, 0.2) is 0 Å². The number of anilines is 1. The summed E-state index contributed by atoms with van der Waals surface area (Å²) in [6.45, 7) is 3.79. The number of hydrogen-bond donors (Lipinski definition) is 1. The van der Waals surface area contributed by atoms with E-state index in [0.717, 1.165) is 41.3 Å². The summed E-state index contributed by atoms with van der Waals surface area (Å²) in [6.07, 6.45) is 2.17. The van der Waals surface area contributed by atoms with Crippen LogP contribution in [0.15, 0.2) is 11.1 Å². The van der Waals surface area contributed by atoms with Gasteiger partial charge in [0, 0.05) is 28.7 Å². The predicted molar refractivity (Wildman–Crippen MR) is 76.3 cm³/mol. The van der Waals surface area contributed by atoms with Gasteiger partial charge in [0.05, 0.1) is 0 Å². The molecule has 18 heavy (non-hydrogen) atoms. The lowest BCUT2D eigenvalue weighted by Gasteiger charge is -2.21. The molecule has 0 saturated carbocycles. The molecular formula is C12H15N3OS2. The molecule has 2 N–H and O–H groups in total. The van der Waals surface area contributed by atoms with Gasteiger partial charge in [0.25, 0.3) is 0 Å². The monoisotopic (exact) mass is 281 g/mol. The number of aryl methyl sites for hydroxylation is 1. The number of ether oxygens (including phenoxy) is 1. The van der Waals surface area contributed by atoms with Crippen molar-refractivity contribution < 1.29 is 4.74 Å². The van der Waals surface area contributed by atoms with Gasteiger partial charge in [-0.2, -0.15) is 0 Å². The second-order valence-electron chi connectivity index (χ2n) is 4.39. The topological polar surface area (TPSA) is 61.0 Å². The van der Waals surface area contributed by atoms with Crippen molar-refractivity contribution >= 4 is 39.3 Å². The number of hydrogen-bond acceptors (Lipinski definition) is 6. The Balaban J connectivity index is 1.94. The molecule has 0 unspecified atom stereocenters. The Morgan fingerprint density at radius 2 is 2.17 bits per heavy atom. The van der Waals surface area contributed by atoms with Crippen LogP contribution in [0.2, 0.25) is 0 Å². The Kier molecular flexibility index (Phi) is 3.41. The third kappa shape index (κ3) is 2.46. The molecule has 0 radical (unpaired) electrons. The van der Waals surface area contributed by atoms with Crippen LogP contribution in [0.1, 0.15) is 17.7 Å². The standard InChI is InChI=1S/C12H15N3OS2/c1-7-6-9-10(17-7)14-12(13)15-11(9)18-8-2-4-16-5-3-8/h6,8H,2-5H2,1H3,(H2,13,14,15). The molecule has 0 amide bonds. The molecule has 1 aliphatic rings. The van der Waals surface area contributed by atoms with Gasteiger partial charge in [-0.25, -0.2) is 9.97 Å². The molecule has 1 fully saturated rings. The highest BCUT2D eigenvalue weighted by Gasteiger charge is 2.18. The van der Waals surface area contributed by atoms with E-state index in [-0.39, 0.29) is 0 Å². The third-order valence-corrected chi connectivity index (χ3v) is 5.23.